The molecule has 0 bridgehead atoms. The van der Waals surface area contributed by atoms with Crippen molar-refractivity contribution in [2.24, 2.45) is 7.05 Å². The Bertz CT molecular complexity index is 1140. The van der Waals surface area contributed by atoms with Crippen LogP contribution in [0, 0.1) is 25.2 Å². The van der Waals surface area contributed by atoms with Gasteiger partial charge in [-0.1, -0.05) is 25.6 Å². The second-order valence-corrected chi connectivity index (χ2v) is 8.41. The Morgan fingerprint density at radius 3 is 2.48 bits per heavy atom. The van der Waals surface area contributed by atoms with Crippen LogP contribution >= 0.6 is 11.8 Å². The molecule has 0 aliphatic carbocycles. The number of carbonyl (C=O) groups is 1. The molecule has 9 heteroatoms. The number of nitrogens with zero attached hydrogens (tertiary/aromatic N) is 5. The van der Waals surface area contributed by atoms with Crippen LogP contribution in [-0.2, 0) is 11.8 Å². The third-order valence-electron chi connectivity index (χ3n) is 5.13. The molecule has 0 radical (unpaired) electrons. The molecule has 0 atom stereocenters. The molecule has 2 aromatic heterocycles. The van der Waals surface area contributed by atoms with E-state index in [1.165, 1.54) is 11.8 Å². The van der Waals surface area contributed by atoms with Crippen LogP contribution in [0.15, 0.2) is 29.4 Å². The number of rotatable bonds is 7. The van der Waals surface area contributed by atoms with Crippen LogP contribution in [-0.4, -0.2) is 38.1 Å². The van der Waals surface area contributed by atoms with Crippen LogP contribution in [0.4, 0.5) is 5.82 Å². The zero-order valence-electron chi connectivity index (χ0n) is 18.6. The number of hydrogen-bond acceptors (Lipinski definition) is 6. The lowest BCUT2D eigenvalue weighted by atomic mass is 10.2. The van der Waals surface area contributed by atoms with Crippen molar-refractivity contribution >= 4 is 23.5 Å². The van der Waals surface area contributed by atoms with Crippen LogP contribution in [0.2, 0.25) is 0 Å². The lowest BCUT2D eigenvalue weighted by Gasteiger charge is -2.13. The minimum atomic E-state index is -0.220. The normalized spacial score (nSPS) is 10.9. The van der Waals surface area contributed by atoms with E-state index in [1.807, 2.05) is 68.1 Å². The number of benzene rings is 1. The van der Waals surface area contributed by atoms with Crippen LogP contribution in [0.25, 0.3) is 5.69 Å². The van der Waals surface area contributed by atoms with Gasteiger partial charge in [0.1, 0.15) is 23.5 Å². The van der Waals surface area contributed by atoms with Gasteiger partial charge in [0.2, 0.25) is 5.91 Å². The van der Waals surface area contributed by atoms with Crippen molar-refractivity contribution in [1.29, 1.82) is 5.26 Å². The van der Waals surface area contributed by atoms with Crippen molar-refractivity contribution in [2.75, 3.05) is 18.2 Å². The standard InChI is InChI=1S/C22H26N6O2S/c1-13(2)20-25-26-22(27(20)5)31-12-19(29)24-21-18(11-23)14(3)15(4)28(21)16-7-9-17(30-6)10-8-16/h7-10,13H,12H2,1-6H3,(H,24,29). The van der Waals surface area contributed by atoms with Crippen molar-refractivity contribution in [2.45, 2.75) is 38.8 Å². The summed E-state index contributed by atoms with van der Waals surface area (Å²) in [6.07, 6.45) is 0. The van der Waals surface area contributed by atoms with Gasteiger partial charge in [-0.2, -0.15) is 5.26 Å². The smallest absolute Gasteiger partial charge is 0.236 e. The molecule has 162 valence electrons. The molecule has 0 aliphatic heterocycles. The Morgan fingerprint density at radius 1 is 1.26 bits per heavy atom. The molecule has 8 nitrogen and oxygen atoms in total. The van der Waals surface area contributed by atoms with E-state index in [2.05, 4.69) is 21.6 Å². The lowest BCUT2D eigenvalue weighted by Crippen LogP contribution is -2.18. The number of nitrogens with one attached hydrogen (secondary N) is 1. The van der Waals surface area contributed by atoms with E-state index in [4.69, 9.17) is 4.74 Å². The summed E-state index contributed by atoms with van der Waals surface area (Å²) < 4.78 is 9.02. The summed E-state index contributed by atoms with van der Waals surface area (Å²) in [4.78, 5) is 12.8. The van der Waals surface area contributed by atoms with E-state index in [1.54, 1.807) is 7.11 Å². The van der Waals surface area contributed by atoms with Crippen molar-refractivity contribution in [1.82, 2.24) is 19.3 Å². The monoisotopic (exact) mass is 438 g/mol. The third-order valence-corrected chi connectivity index (χ3v) is 6.15. The lowest BCUT2D eigenvalue weighted by molar-refractivity contribution is -0.113. The van der Waals surface area contributed by atoms with Crippen LogP contribution in [0.1, 0.15) is 42.4 Å². The fourth-order valence-corrected chi connectivity index (χ4v) is 4.09. The average Bonchev–Trinajstić information content (AvgIpc) is 3.23. The maximum atomic E-state index is 12.8. The van der Waals surface area contributed by atoms with E-state index in [-0.39, 0.29) is 17.6 Å². The van der Waals surface area contributed by atoms with Crippen LogP contribution in [0.3, 0.4) is 0 Å². The minimum Gasteiger partial charge on any atom is -0.497 e. The fourth-order valence-electron chi connectivity index (χ4n) is 3.37. The molecule has 0 saturated heterocycles. The first-order valence-electron chi connectivity index (χ1n) is 9.86. The molecular formula is C22H26N6O2S. The first kappa shape index (κ1) is 22.4. The molecule has 2 heterocycles. The Hall–Kier alpha value is -3.25. The molecular weight excluding hydrogens is 412 g/mol. The summed E-state index contributed by atoms with van der Waals surface area (Å²) in [5.74, 6) is 2.25. The number of nitriles is 1. The van der Waals surface area contributed by atoms with Crippen LogP contribution in [0.5, 0.6) is 5.75 Å². The Balaban J connectivity index is 1.85. The Kier molecular flexibility index (Phi) is 6.71. The predicted molar refractivity (Wildman–Crippen MR) is 121 cm³/mol. The number of ether oxygens (including phenoxy) is 1. The van der Waals surface area contributed by atoms with Gasteiger partial charge in [0, 0.05) is 24.3 Å². The number of carbonyl (C=O) groups excluding carboxylic acids is 1. The van der Waals surface area contributed by atoms with Crippen molar-refractivity contribution in [3.8, 4) is 17.5 Å². The molecule has 0 fully saturated rings. The molecule has 0 aliphatic rings. The van der Waals surface area contributed by atoms with Gasteiger partial charge in [0.05, 0.1) is 18.4 Å². The molecule has 1 N–H and O–H groups in total. The topological polar surface area (TPSA) is 97.8 Å². The summed E-state index contributed by atoms with van der Waals surface area (Å²) in [5, 5.41) is 21.7. The number of amides is 1. The largest absolute Gasteiger partial charge is 0.497 e. The van der Waals surface area contributed by atoms with E-state index < -0.39 is 0 Å². The van der Waals surface area contributed by atoms with Gasteiger partial charge in [-0.15, -0.1) is 10.2 Å². The number of aromatic nitrogens is 4. The molecule has 3 aromatic rings. The van der Waals surface area contributed by atoms with Gasteiger partial charge < -0.3 is 14.6 Å². The third kappa shape index (κ3) is 4.44. The first-order chi connectivity index (χ1) is 14.8. The number of methoxy groups -OCH3 is 1. The zero-order valence-corrected chi connectivity index (χ0v) is 19.4. The van der Waals surface area contributed by atoms with E-state index in [0.29, 0.717) is 16.5 Å². The van der Waals surface area contributed by atoms with Gasteiger partial charge in [0.25, 0.3) is 0 Å². The Labute approximate surface area is 186 Å². The molecule has 0 saturated carbocycles. The Morgan fingerprint density at radius 2 is 1.94 bits per heavy atom. The maximum absolute atomic E-state index is 12.8. The summed E-state index contributed by atoms with van der Waals surface area (Å²) in [6, 6.07) is 9.70. The molecule has 0 unspecified atom stereocenters. The van der Waals surface area contributed by atoms with Gasteiger partial charge in [-0.3, -0.25) is 9.36 Å². The van der Waals surface area contributed by atoms with Gasteiger partial charge in [-0.25, -0.2) is 0 Å². The van der Waals surface area contributed by atoms with Gasteiger partial charge in [0.15, 0.2) is 5.16 Å². The first-order valence-corrected chi connectivity index (χ1v) is 10.8. The van der Waals surface area contributed by atoms with Gasteiger partial charge >= 0.3 is 0 Å². The maximum Gasteiger partial charge on any atom is 0.236 e. The summed E-state index contributed by atoms with van der Waals surface area (Å²) >= 11 is 1.31. The predicted octanol–water partition coefficient (Wildman–Crippen LogP) is 3.96. The molecule has 3 rings (SSSR count). The number of hydrogen-bond donors (Lipinski definition) is 1. The SMILES string of the molecule is COc1ccc(-n2c(C)c(C)c(C#N)c2NC(=O)CSc2nnc(C(C)C)n2C)cc1. The second-order valence-electron chi connectivity index (χ2n) is 7.47. The summed E-state index contributed by atoms with van der Waals surface area (Å²) in [6.45, 7) is 7.91. The highest BCUT2D eigenvalue weighted by Crippen LogP contribution is 2.31. The van der Waals surface area contributed by atoms with E-state index in [9.17, 15) is 10.1 Å². The van der Waals surface area contributed by atoms with E-state index >= 15 is 0 Å². The second kappa shape index (κ2) is 9.27. The highest BCUT2D eigenvalue weighted by atomic mass is 32.2. The van der Waals surface area contributed by atoms with Crippen molar-refractivity contribution in [3.63, 3.8) is 0 Å². The van der Waals surface area contributed by atoms with Gasteiger partial charge in [-0.05, 0) is 43.7 Å². The zero-order chi connectivity index (χ0) is 22.7. The van der Waals surface area contributed by atoms with E-state index in [0.717, 1.165) is 28.5 Å². The summed E-state index contributed by atoms with van der Waals surface area (Å²) in [5.41, 5.74) is 3.00. The summed E-state index contributed by atoms with van der Waals surface area (Å²) in [7, 11) is 3.50. The quantitative estimate of drug-likeness (QED) is 0.561. The van der Waals surface area contributed by atoms with Crippen molar-refractivity contribution < 1.29 is 9.53 Å². The van der Waals surface area contributed by atoms with Crippen LogP contribution < -0.4 is 10.1 Å². The molecule has 31 heavy (non-hydrogen) atoms. The minimum absolute atomic E-state index is 0.154. The highest BCUT2D eigenvalue weighted by molar-refractivity contribution is 7.99. The highest BCUT2D eigenvalue weighted by Gasteiger charge is 2.21. The molecule has 1 aromatic carbocycles. The molecule has 0 spiro atoms. The number of thioether (sulfide) groups is 1. The average molecular weight is 439 g/mol. The number of anilines is 1. The van der Waals surface area contributed by atoms with Crippen molar-refractivity contribution in [3.05, 3.63) is 46.9 Å². The fraction of sp³-hybridized carbons (Fsp3) is 0.364. The molecule has 1 amide bonds.